The third kappa shape index (κ3) is 1.75. The third-order valence-corrected chi connectivity index (χ3v) is 2.28. The van der Waals surface area contributed by atoms with Crippen LogP contribution in [0.3, 0.4) is 0 Å². The molecule has 0 unspecified atom stereocenters. The number of aromatic nitrogens is 2. The van der Waals surface area contributed by atoms with E-state index in [4.69, 9.17) is 5.26 Å². The van der Waals surface area contributed by atoms with E-state index < -0.39 is 0 Å². The summed E-state index contributed by atoms with van der Waals surface area (Å²) < 4.78 is 0. The maximum absolute atomic E-state index is 8.73. The topological polar surface area (TPSA) is 52.5 Å². The molecule has 0 fully saturated rings. The van der Waals surface area contributed by atoms with E-state index in [0.717, 1.165) is 17.0 Å². The van der Waals surface area contributed by atoms with E-state index in [1.54, 1.807) is 0 Å². The summed E-state index contributed by atoms with van der Waals surface area (Å²) >= 11 is 0. The summed E-state index contributed by atoms with van der Waals surface area (Å²) in [5.41, 5.74) is 4.02. The molecule has 1 aromatic carbocycles. The second-order valence-corrected chi connectivity index (χ2v) is 3.54. The number of aromatic amines is 1. The number of aryl methyl sites for hydroxylation is 2. The van der Waals surface area contributed by atoms with Gasteiger partial charge in [0.05, 0.1) is 5.69 Å². The van der Waals surface area contributed by atoms with Crippen molar-refractivity contribution in [3.05, 3.63) is 41.3 Å². The summed E-state index contributed by atoms with van der Waals surface area (Å²) in [6.45, 7) is 3.96. The van der Waals surface area contributed by atoms with Crippen LogP contribution in [-0.4, -0.2) is 9.97 Å². The molecule has 1 N–H and O–H groups in total. The molecule has 1 aromatic heterocycles. The van der Waals surface area contributed by atoms with Crippen LogP contribution in [0.1, 0.15) is 17.1 Å². The van der Waals surface area contributed by atoms with Crippen molar-refractivity contribution in [3.8, 4) is 17.3 Å². The van der Waals surface area contributed by atoms with E-state index in [0.29, 0.717) is 5.82 Å². The highest BCUT2D eigenvalue weighted by molar-refractivity contribution is 5.63. The minimum atomic E-state index is 0.365. The van der Waals surface area contributed by atoms with Crippen LogP contribution in [0.15, 0.2) is 24.3 Å². The summed E-state index contributed by atoms with van der Waals surface area (Å²) in [4.78, 5) is 7.16. The molecule has 0 aliphatic carbocycles. The van der Waals surface area contributed by atoms with Crippen molar-refractivity contribution in [3.63, 3.8) is 0 Å². The van der Waals surface area contributed by atoms with Crippen molar-refractivity contribution in [1.29, 1.82) is 5.26 Å². The lowest BCUT2D eigenvalue weighted by Gasteiger charge is -1.99. The van der Waals surface area contributed by atoms with E-state index in [9.17, 15) is 0 Å². The normalized spacial score (nSPS) is 9.93. The van der Waals surface area contributed by atoms with Gasteiger partial charge in [-0.25, -0.2) is 4.98 Å². The molecule has 1 heterocycles. The summed E-state index contributed by atoms with van der Waals surface area (Å²) in [5.74, 6) is 0.365. The number of nitriles is 1. The highest BCUT2D eigenvalue weighted by atomic mass is 14.9. The first-order valence-electron chi connectivity index (χ1n) is 4.74. The van der Waals surface area contributed by atoms with Crippen LogP contribution in [-0.2, 0) is 0 Å². The van der Waals surface area contributed by atoms with Gasteiger partial charge in [-0.15, -0.1) is 0 Å². The summed E-state index contributed by atoms with van der Waals surface area (Å²) in [6, 6.07) is 10.1. The van der Waals surface area contributed by atoms with Crippen LogP contribution in [0.2, 0.25) is 0 Å². The molecule has 74 valence electrons. The van der Waals surface area contributed by atoms with Crippen LogP contribution >= 0.6 is 0 Å². The van der Waals surface area contributed by atoms with Crippen molar-refractivity contribution >= 4 is 0 Å². The molecule has 0 saturated heterocycles. The van der Waals surface area contributed by atoms with E-state index >= 15 is 0 Å². The largest absolute Gasteiger partial charge is 0.333 e. The maximum Gasteiger partial charge on any atom is 0.210 e. The Kier molecular flexibility index (Phi) is 2.26. The van der Waals surface area contributed by atoms with Crippen molar-refractivity contribution in [1.82, 2.24) is 9.97 Å². The standard InChI is InChI=1S/C12H11N3/c1-8-4-3-5-10(6-8)12-9(2)14-11(7-13)15-12/h3-6H,1-2H3,(H,14,15). The SMILES string of the molecule is Cc1cccc(-c2nc(C#N)[nH]c2C)c1. The fraction of sp³-hybridized carbons (Fsp3) is 0.167. The number of rotatable bonds is 1. The zero-order chi connectivity index (χ0) is 10.8. The molecular weight excluding hydrogens is 186 g/mol. The minimum absolute atomic E-state index is 0.365. The first kappa shape index (κ1) is 9.47. The Morgan fingerprint density at radius 2 is 2.13 bits per heavy atom. The third-order valence-electron chi connectivity index (χ3n) is 2.28. The monoisotopic (exact) mass is 197 g/mol. The molecule has 0 saturated carbocycles. The maximum atomic E-state index is 8.73. The van der Waals surface area contributed by atoms with Gasteiger partial charge in [0.25, 0.3) is 0 Å². The molecule has 0 aliphatic rings. The van der Waals surface area contributed by atoms with Crippen molar-refractivity contribution in [2.24, 2.45) is 0 Å². The molecular formula is C12H11N3. The Bertz CT molecular complexity index is 532. The molecule has 0 atom stereocenters. The lowest BCUT2D eigenvalue weighted by molar-refractivity contribution is 1.20. The second-order valence-electron chi connectivity index (χ2n) is 3.54. The van der Waals surface area contributed by atoms with Crippen LogP contribution < -0.4 is 0 Å². The number of H-pyrrole nitrogens is 1. The highest BCUT2D eigenvalue weighted by Crippen LogP contribution is 2.21. The number of hydrogen-bond donors (Lipinski definition) is 1. The van der Waals surface area contributed by atoms with Gasteiger partial charge >= 0.3 is 0 Å². The number of nitrogens with one attached hydrogen (secondary N) is 1. The van der Waals surface area contributed by atoms with E-state index in [2.05, 4.69) is 16.0 Å². The minimum Gasteiger partial charge on any atom is -0.333 e. The molecule has 0 aliphatic heterocycles. The summed E-state index contributed by atoms with van der Waals surface area (Å²) in [6.07, 6.45) is 0. The lowest BCUT2D eigenvalue weighted by atomic mass is 10.1. The van der Waals surface area contributed by atoms with E-state index in [-0.39, 0.29) is 0 Å². The smallest absolute Gasteiger partial charge is 0.210 e. The van der Waals surface area contributed by atoms with Crippen LogP contribution in [0.25, 0.3) is 11.3 Å². The molecule has 15 heavy (non-hydrogen) atoms. The van der Waals surface area contributed by atoms with Gasteiger partial charge in [-0.3, -0.25) is 0 Å². The summed E-state index contributed by atoms with van der Waals surface area (Å²) in [5, 5.41) is 8.73. The fourth-order valence-corrected chi connectivity index (χ4v) is 1.59. The predicted molar refractivity (Wildman–Crippen MR) is 58.2 cm³/mol. The quantitative estimate of drug-likeness (QED) is 0.763. The first-order chi connectivity index (χ1) is 7.20. The van der Waals surface area contributed by atoms with Crippen molar-refractivity contribution in [2.75, 3.05) is 0 Å². The fourth-order valence-electron chi connectivity index (χ4n) is 1.59. The van der Waals surface area contributed by atoms with Gasteiger partial charge in [-0.05, 0) is 19.9 Å². The van der Waals surface area contributed by atoms with Crippen LogP contribution in [0.5, 0.6) is 0 Å². The van der Waals surface area contributed by atoms with E-state index in [1.165, 1.54) is 5.56 Å². The van der Waals surface area contributed by atoms with Gasteiger partial charge in [0.1, 0.15) is 6.07 Å². The average Bonchev–Trinajstić information content (AvgIpc) is 2.60. The van der Waals surface area contributed by atoms with Crippen LogP contribution in [0, 0.1) is 25.2 Å². The highest BCUT2D eigenvalue weighted by Gasteiger charge is 2.07. The molecule has 2 aromatic rings. The van der Waals surface area contributed by atoms with Gasteiger partial charge in [0.2, 0.25) is 5.82 Å². The Morgan fingerprint density at radius 1 is 1.33 bits per heavy atom. The molecule has 0 spiro atoms. The Morgan fingerprint density at radius 3 is 2.73 bits per heavy atom. The van der Waals surface area contributed by atoms with Crippen LogP contribution in [0.4, 0.5) is 0 Å². The van der Waals surface area contributed by atoms with E-state index in [1.807, 2.05) is 38.1 Å². The molecule has 3 heteroatoms. The van der Waals surface area contributed by atoms with Gasteiger partial charge in [0.15, 0.2) is 0 Å². The Balaban J connectivity index is 2.54. The zero-order valence-electron chi connectivity index (χ0n) is 8.70. The number of benzene rings is 1. The molecule has 0 radical (unpaired) electrons. The Labute approximate surface area is 88.4 Å². The lowest BCUT2D eigenvalue weighted by Crippen LogP contribution is -1.82. The van der Waals surface area contributed by atoms with Crippen molar-refractivity contribution < 1.29 is 0 Å². The number of hydrogen-bond acceptors (Lipinski definition) is 2. The molecule has 0 amide bonds. The van der Waals surface area contributed by atoms with Gasteiger partial charge in [-0.1, -0.05) is 23.8 Å². The number of nitrogens with zero attached hydrogens (tertiary/aromatic N) is 2. The summed E-state index contributed by atoms with van der Waals surface area (Å²) in [7, 11) is 0. The van der Waals surface area contributed by atoms with Crippen molar-refractivity contribution in [2.45, 2.75) is 13.8 Å². The first-order valence-corrected chi connectivity index (χ1v) is 4.74. The van der Waals surface area contributed by atoms with Gasteiger partial charge < -0.3 is 4.98 Å². The van der Waals surface area contributed by atoms with Gasteiger partial charge in [0, 0.05) is 11.3 Å². The van der Waals surface area contributed by atoms with Gasteiger partial charge in [-0.2, -0.15) is 5.26 Å². The molecule has 3 nitrogen and oxygen atoms in total. The predicted octanol–water partition coefficient (Wildman–Crippen LogP) is 2.57. The molecule has 0 bridgehead atoms. The Hall–Kier alpha value is -2.08. The zero-order valence-corrected chi connectivity index (χ0v) is 8.70. The molecule has 2 rings (SSSR count). The number of imidazole rings is 1. The second kappa shape index (κ2) is 3.58. The average molecular weight is 197 g/mol.